The van der Waals surface area contributed by atoms with Crippen LogP contribution in [0.4, 0.5) is 0 Å². The summed E-state index contributed by atoms with van der Waals surface area (Å²) in [4.78, 5) is 12.4. The summed E-state index contributed by atoms with van der Waals surface area (Å²) in [5, 5.41) is 19.4. The molecule has 0 aliphatic carbocycles. The zero-order chi connectivity index (χ0) is 28.4. The maximum Gasteiger partial charge on any atom is 0.310 e. The number of hydrogen-bond donors (Lipinski definition) is 1. The zero-order valence-electron chi connectivity index (χ0n) is 22.7. The molecule has 4 nitrogen and oxygen atoms in total. The Bertz CT molecular complexity index is 1640. The first-order valence-corrected chi connectivity index (χ1v) is 13.8. The lowest BCUT2D eigenvalue weighted by molar-refractivity contribution is -0.139. The van der Waals surface area contributed by atoms with Gasteiger partial charge in [0.1, 0.15) is 12.4 Å². The molecule has 4 heteroatoms. The van der Waals surface area contributed by atoms with E-state index in [0.717, 1.165) is 57.5 Å². The summed E-state index contributed by atoms with van der Waals surface area (Å²) < 4.78 is 5.89. The molecule has 41 heavy (non-hydrogen) atoms. The summed E-state index contributed by atoms with van der Waals surface area (Å²) in [7, 11) is 0. The summed E-state index contributed by atoms with van der Waals surface area (Å²) >= 11 is 0. The maximum absolute atomic E-state index is 12.4. The molecule has 0 bridgehead atoms. The van der Waals surface area contributed by atoms with Crippen LogP contribution in [-0.2, 0) is 17.8 Å². The zero-order valence-corrected chi connectivity index (χ0v) is 22.7. The molecule has 1 N–H and O–H groups in total. The highest BCUT2D eigenvalue weighted by Crippen LogP contribution is 2.34. The van der Waals surface area contributed by atoms with Crippen LogP contribution in [0.15, 0.2) is 127 Å². The van der Waals surface area contributed by atoms with Crippen molar-refractivity contribution in [3.05, 3.63) is 150 Å². The first-order valence-electron chi connectivity index (χ1n) is 13.8. The summed E-state index contributed by atoms with van der Waals surface area (Å²) in [6, 6.07) is 43.7. The van der Waals surface area contributed by atoms with Crippen LogP contribution in [0.1, 0.15) is 41.0 Å². The molecule has 0 saturated heterocycles. The van der Waals surface area contributed by atoms with E-state index >= 15 is 0 Å². The number of hydrogen-bond acceptors (Lipinski definition) is 3. The van der Waals surface area contributed by atoms with E-state index in [4.69, 9.17) is 4.74 Å². The number of nitriles is 1. The summed E-state index contributed by atoms with van der Waals surface area (Å²) in [6.07, 6.45) is 2.09. The van der Waals surface area contributed by atoms with Gasteiger partial charge in [-0.3, -0.25) is 4.79 Å². The highest BCUT2D eigenvalue weighted by molar-refractivity contribution is 5.82. The summed E-state index contributed by atoms with van der Waals surface area (Å²) in [5.41, 5.74) is 7.61. The molecule has 1 unspecified atom stereocenters. The van der Waals surface area contributed by atoms with Crippen molar-refractivity contribution in [2.24, 2.45) is 0 Å². The second kappa shape index (κ2) is 13.3. The minimum Gasteiger partial charge on any atom is -0.489 e. The van der Waals surface area contributed by atoms with E-state index in [1.807, 2.05) is 109 Å². The third-order valence-corrected chi connectivity index (χ3v) is 7.29. The Hall–Kier alpha value is -5.14. The van der Waals surface area contributed by atoms with E-state index in [0.29, 0.717) is 18.6 Å². The average molecular weight is 538 g/mol. The highest BCUT2D eigenvalue weighted by Gasteiger charge is 2.22. The van der Waals surface area contributed by atoms with E-state index in [1.54, 1.807) is 6.07 Å². The number of carboxylic acids is 1. The number of aliphatic carboxylic acids is 1. The molecule has 202 valence electrons. The van der Waals surface area contributed by atoms with Gasteiger partial charge in [0.2, 0.25) is 0 Å². The van der Waals surface area contributed by atoms with Crippen LogP contribution in [-0.4, -0.2) is 11.1 Å². The number of ether oxygens (including phenoxy) is 1. The Morgan fingerprint density at radius 3 is 2.17 bits per heavy atom. The van der Waals surface area contributed by atoms with Gasteiger partial charge in [0, 0.05) is 0 Å². The summed E-state index contributed by atoms with van der Waals surface area (Å²) in [6.45, 7) is 0.525. The molecule has 0 spiro atoms. The largest absolute Gasteiger partial charge is 0.489 e. The van der Waals surface area contributed by atoms with Gasteiger partial charge in [-0.15, -0.1) is 0 Å². The predicted molar refractivity (Wildman–Crippen MR) is 163 cm³/mol. The van der Waals surface area contributed by atoms with Gasteiger partial charge in [0.25, 0.3) is 0 Å². The minimum atomic E-state index is -0.813. The molecular formula is C37H31NO3. The fourth-order valence-electron chi connectivity index (χ4n) is 5.09. The molecular weight excluding hydrogens is 506 g/mol. The predicted octanol–water partition coefficient (Wildman–Crippen LogP) is 8.66. The topological polar surface area (TPSA) is 70.3 Å². The molecule has 0 aliphatic rings. The van der Waals surface area contributed by atoms with Crippen LogP contribution >= 0.6 is 0 Å². The maximum atomic E-state index is 12.4. The monoisotopic (exact) mass is 537 g/mol. The first-order chi connectivity index (χ1) is 20.1. The third-order valence-electron chi connectivity index (χ3n) is 7.29. The van der Waals surface area contributed by atoms with Crippen LogP contribution < -0.4 is 4.74 Å². The Kier molecular flexibility index (Phi) is 8.88. The highest BCUT2D eigenvalue weighted by atomic mass is 16.5. The number of carbonyl (C=O) groups is 1. The van der Waals surface area contributed by atoms with E-state index in [-0.39, 0.29) is 0 Å². The van der Waals surface area contributed by atoms with Gasteiger partial charge in [-0.2, -0.15) is 5.26 Å². The second-order valence-electron chi connectivity index (χ2n) is 10.1. The molecule has 0 amide bonds. The van der Waals surface area contributed by atoms with Gasteiger partial charge in [0.05, 0.1) is 17.6 Å². The Balaban J connectivity index is 1.24. The van der Waals surface area contributed by atoms with Gasteiger partial charge in [-0.1, -0.05) is 103 Å². The van der Waals surface area contributed by atoms with Crippen LogP contribution in [0.25, 0.3) is 22.3 Å². The van der Waals surface area contributed by atoms with E-state index in [2.05, 4.69) is 18.2 Å². The number of nitrogens with zero attached hydrogens (tertiary/aromatic N) is 1. The molecule has 5 aromatic rings. The van der Waals surface area contributed by atoms with E-state index < -0.39 is 11.9 Å². The van der Waals surface area contributed by atoms with Crippen molar-refractivity contribution < 1.29 is 14.6 Å². The van der Waals surface area contributed by atoms with Gasteiger partial charge >= 0.3 is 5.97 Å². The van der Waals surface area contributed by atoms with Crippen molar-refractivity contribution in [1.82, 2.24) is 0 Å². The van der Waals surface area contributed by atoms with Gasteiger partial charge < -0.3 is 9.84 Å². The van der Waals surface area contributed by atoms with Gasteiger partial charge in [-0.05, 0) is 82.5 Å². The van der Waals surface area contributed by atoms with Crippen molar-refractivity contribution >= 4 is 5.97 Å². The Morgan fingerprint density at radius 2 is 1.44 bits per heavy atom. The quantitative estimate of drug-likeness (QED) is 0.183. The van der Waals surface area contributed by atoms with Crippen molar-refractivity contribution in [2.45, 2.75) is 31.8 Å². The smallest absolute Gasteiger partial charge is 0.310 e. The number of benzene rings is 5. The fraction of sp³-hybridized carbons (Fsp3) is 0.135. The molecule has 0 saturated carbocycles. The normalized spacial score (nSPS) is 11.4. The van der Waals surface area contributed by atoms with Gasteiger partial charge in [-0.25, -0.2) is 0 Å². The Labute approximate surface area is 241 Å². The van der Waals surface area contributed by atoms with Crippen molar-refractivity contribution in [1.29, 1.82) is 5.26 Å². The lowest BCUT2D eigenvalue weighted by Gasteiger charge is -2.18. The standard InChI is InChI=1S/C37H31NO3/c38-25-29-11-6-12-32(24-29)30-18-20-31(21-19-30)34-13-4-5-14-35(34)36(37(39)40)15-7-10-27-16-22-33(23-17-27)41-26-28-8-2-1-3-9-28/h1-6,8-9,11-14,16-24,36H,7,10,15,26H2,(H,39,40). The lowest BCUT2D eigenvalue weighted by Crippen LogP contribution is -2.13. The van der Waals surface area contributed by atoms with E-state index in [9.17, 15) is 15.2 Å². The fourth-order valence-corrected chi connectivity index (χ4v) is 5.09. The Morgan fingerprint density at radius 1 is 0.732 bits per heavy atom. The molecule has 0 radical (unpaired) electrons. The van der Waals surface area contributed by atoms with Crippen LogP contribution in [0.2, 0.25) is 0 Å². The molecule has 0 aliphatic heterocycles. The molecule has 0 heterocycles. The van der Waals surface area contributed by atoms with Crippen LogP contribution in [0.3, 0.4) is 0 Å². The molecule has 5 rings (SSSR count). The SMILES string of the molecule is N#Cc1cccc(-c2ccc(-c3ccccc3C(CCCc3ccc(OCc4ccccc4)cc3)C(=O)O)cc2)c1. The van der Waals surface area contributed by atoms with Crippen molar-refractivity contribution in [3.63, 3.8) is 0 Å². The minimum absolute atomic E-state index is 0.525. The molecule has 0 fully saturated rings. The number of aryl methyl sites for hydroxylation is 1. The third kappa shape index (κ3) is 7.09. The van der Waals surface area contributed by atoms with Gasteiger partial charge in [0.15, 0.2) is 0 Å². The number of carboxylic acid groups (broad SMARTS) is 1. The number of rotatable bonds is 11. The van der Waals surface area contributed by atoms with Crippen molar-refractivity contribution in [3.8, 4) is 34.1 Å². The first kappa shape index (κ1) is 27.4. The average Bonchev–Trinajstić information content (AvgIpc) is 3.03. The second-order valence-corrected chi connectivity index (χ2v) is 10.1. The lowest BCUT2D eigenvalue weighted by atomic mass is 9.86. The molecule has 0 aromatic heterocycles. The van der Waals surface area contributed by atoms with Crippen LogP contribution in [0, 0.1) is 11.3 Å². The van der Waals surface area contributed by atoms with Crippen LogP contribution in [0.5, 0.6) is 5.75 Å². The summed E-state index contributed by atoms with van der Waals surface area (Å²) in [5.74, 6) is -0.600. The van der Waals surface area contributed by atoms with E-state index in [1.165, 1.54) is 0 Å². The van der Waals surface area contributed by atoms with Crippen molar-refractivity contribution in [2.75, 3.05) is 0 Å². The molecule has 1 atom stereocenters. The molecule has 5 aromatic carbocycles.